The van der Waals surface area contributed by atoms with Crippen molar-refractivity contribution in [3.8, 4) is 0 Å². The molecule has 54 valence electrons. The molecule has 0 radical (unpaired) electrons. The van der Waals surface area contributed by atoms with Crippen LogP contribution in [0.15, 0.2) is 12.2 Å². The molecule has 0 aromatic carbocycles. The predicted molar refractivity (Wildman–Crippen MR) is 42.4 cm³/mol. The van der Waals surface area contributed by atoms with Crippen molar-refractivity contribution in [2.75, 3.05) is 0 Å². The third-order valence-corrected chi connectivity index (χ3v) is 4.49. The van der Waals surface area contributed by atoms with E-state index in [1.54, 1.807) is 0 Å². The first-order valence-electron chi connectivity index (χ1n) is 3.77. The Morgan fingerprint density at radius 1 is 0.800 bits per heavy atom. The lowest BCUT2D eigenvalue weighted by Gasteiger charge is -2.12. The van der Waals surface area contributed by atoms with Gasteiger partial charge in [-0.05, 0) is 23.7 Å². The number of fused-ring (bicyclic) bond motifs is 1. The summed E-state index contributed by atoms with van der Waals surface area (Å²) in [6.45, 7) is 0. The maximum absolute atomic E-state index is 6.11. The van der Waals surface area contributed by atoms with Crippen molar-refractivity contribution in [1.82, 2.24) is 0 Å². The number of rotatable bonds is 0. The summed E-state index contributed by atoms with van der Waals surface area (Å²) in [5.74, 6) is 2.99. The minimum absolute atomic E-state index is 0.215. The quantitative estimate of drug-likeness (QED) is 0.391. The van der Waals surface area contributed by atoms with Gasteiger partial charge < -0.3 is 0 Å². The minimum atomic E-state index is 0.215. The molecule has 0 bridgehead atoms. The van der Waals surface area contributed by atoms with E-state index in [0.717, 1.165) is 17.8 Å². The van der Waals surface area contributed by atoms with E-state index in [9.17, 15) is 0 Å². The molecular formula is C8H8Cl2. The van der Waals surface area contributed by atoms with Crippen LogP contribution in [0.2, 0.25) is 0 Å². The number of allylic oxidation sites excluding steroid dienone is 2. The van der Waals surface area contributed by atoms with E-state index in [1.807, 2.05) is 0 Å². The van der Waals surface area contributed by atoms with Crippen molar-refractivity contribution in [3.63, 3.8) is 0 Å². The van der Waals surface area contributed by atoms with Gasteiger partial charge in [-0.15, -0.1) is 23.2 Å². The molecule has 3 aliphatic carbocycles. The Balaban J connectivity index is 2.03. The Bertz CT molecular complexity index is 207. The molecule has 0 nitrogen and oxygen atoms in total. The number of halogens is 2. The van der Waals surface area contributed by atoms with Crippen molar-refractivity contribution in [1.29, 1.82) is 0 Å². The molecule has 2 heteroatoms. The second-order valence-electron chi connectivity index (χ2n) is 3.58. The molecule has 6 unspecified atom stereocenters. The smallest absolute Gasteiger partial charge is 0.0568 e. The maximum atomic E-state index is 6.11. The first kappa shape index (κ1) is 5.91. The lowest BCUT2D eigenvalue weighted by molar-refractivity contribution is 0.597. The summed E-state index contributed by atoms with van der Waals surface area (Å²) in [6.07, 6.45) is 4.56. The van der Waals surface area contributed by atoms with Crippen LogP contribution in [0.5, 0.6) is 0 Å². The topological polar surface area (TPSA) is 0 Å². The second kappa shape index (κ2) is 1.56. The van der Waals surface area contributed by atoms with E-state index < -0.39 is 0 Å². The zero-order chi connectivity index (χ0) is 6.88. The standard InChI is InChI=1S/C8H8Cl2/c9-7-4-2-1-3-5(4)6(3)8(7)10/h1-8H. The Hall–Kier alpha value is 0.320. The third kappa shape index (κ3) is 0.454. The number of hydrogen-bond acceptors (Lipinski definition) is 0. The lowest BCUT2D eigenvalue weighted by atomic mass is 10.1. The molecule has 0 spiro atoms. The summed E-state index contributed by atoms with van der Waals surface area (Å²) in [4.78, 5) is 0. The Labute approximate surface area is 70.2 Å². The van der Waals surface area contributed by atoms with Crippen LogP contribution < -0.4 is 0 Å². The number of alkyl halides is 2. The van der Waals surface area contributed by atoms with Crippen LogP contribution in [0.4, 0.5) is 0 Å². The Kier molecular flexibility index (Phi) is 0.923. The van der Waals surface area contributed by atoms with Crippen molar-refractivity contribution in [2.24, 2.45) is 23.7 Å². The van der Waals surface area contributed by atoms with E-state index in [2.05, 4.69) is 12.2 Å². The predicted octanol–water partition coefficient (Wildman–Crippen LogP) is 2.26. The van der Waals surface area contributed by atoms with Gasteiger partial charge in [0.15, 0.2) is 0 Å². The van der Waals surface area contributed by atoms with Gasteiger partial charge >= 0.3 is 0 Å². The van der Waals surface area contributed by atoms with E-state index in [4.69, 9.17) is 23.2 Å². The minimum Gasteiger partial charge on any atom is -0.121 e. The molecule has 3 rings (SSSR count). The molecular weight excluding hydrogens is 167 g/mol. The van der Waals surface area contributed by atoms with Crippen LogP contribution in [0.25, 0.3) is 0 Å². The van der Waals surface area contributed by atoms with Gasteiger partial charge in [-0.1, -0.05) is 12.2 Å². The van der Waals surface area contributed by atoms with E-state index in [0.29, 0.717) is 5.92 Å². The van der Waals surface area contributed by atoms with Gasteiger partial charge in [-0.25, -0.2) is 0 Å². The van der Waals surface area contributed by atoms with Gasteiger partial charge in [-0.2, -0.15) is 0 Å². The van der Waals surface area contributed by atoms with Gasteiger partial charge in [0.25, 0.3) is 0 Å². The zero-order valence-electron chi connectivity index (χ0n) is 5.37. The van der Waals surface area contributed by atoms with Crippen LogP contribution in [-0.4, -0.2) is 10.8 Å². The molecule has 0 aromatic rings. The van der Waals surface area contributed by atoms with Crippen LogP contribution in [0.1, 0.15) is 0 Å². The van der Waals surface area contributed by atoms with Crippen molar-refractivity contribution in [3.05, 3.63) is 12.2 Å². The third-order valence-electron chi connectivity index (χ3n) is 3.23. The summed E-state index contributed by atoms with van der Waals surface area (Å²) in [7, 11) is 0. The second-order valence-corrected chi connectivity index (χ2v) is 4.59. The first-order valence-corrected chi connectivity index (χ1v) is 4.64. The van der Waals surface area contributed by atoms with E-state index in [1.165, 1.54) is 0 Å². The molecule has 2 saturated carbocycles. The molecule has 0 saturated heterocycles. The molecule has 2 fully saturated rings. The van der Waals surface area contributed by atoms with E-state index >= 15 is 0 Å². The monoisotopic (exact) mass is 174 g/mol. The van der Waals surface area contributed by atoms with Crippen LogP contribution in [0, 0.1) is 23.7 Å². The molecule has 3 aliphatic rings. The summed E-state index contributed by atoms with van der Waals surface area (Å²) >= 11 is 12.2. The zero-order valence-corrected chi connectivity index (χ0v) is 6.89. The Morgan fingerprint density at radius 2 is 1.50 bits per heavy atom. The summed E-state index contributed by atoms with van der Waals surface area (Å²) < 4.78 is 0. The van der Waals surface area contributed by atoms with Crippen LogP contribution in [-0.2, 0) is 0 Å². The van der Waals surface area contributed by atoms with Crippen molar-refractivity contribution >= 4 is 23.2 Å². The molecule has 0 aromatic heterocycles. The molecule has 0 amide bonds. The van der Waals surface area contributed by atoms with Crippen LogP contribution in [0.3, 0.4) is 0 Å². The maximum Gasteiger partial charge on any atom is 0.0568 e. The lowest BCUT2D eigenvalue weighted by Crippen LogP contribution is -2.18. The van der Waals surface area contributed by atoms with Crippen LogP contribution >= 0.6 is 23.2 Å². The fourth-order valence-electron chi connectivity index (χ4n) is 2.71. The normalized spacial score (nSPS) is 68.6. The molecule has 0 aliphatic heterocycles. The van der Waals surface area contributed by atoms with Gasteiger partial charge in [0.1, 0.15) is 0 Å². The molecule has 10 heavy (non-hydrogen) atoms. The highest BCUT2D eigenvalue weighted by Crippen LogP contribution is 2.67. The first-order chi connectivity index (χ1) is 4.80. The van der Waals surface area contributed by atoms with Gasteiger partial charge in [-0.3, -0.25) is 0 Å². The van der Waals surface area contributed by atoms with E-state index in [-0.39, 0.29) is 10.8 Å². The molecule has 6 atom stereocenters. The highest BCUT2D eigenvalue weighted by Gasteiger charge is 2.66. The van der Waals surface area contributed by atoms with Crippen molar-refractivity contribution in [2.45, 2.75) is 10.8 Å². The fraction of sp³-hybridized carbons (Fsp3) is 0.750. The van der Waals surface area contributed by atoms with Gasteiger partial charge in [0, 0.05) is 0 Å². The highest BCUT2D eigenvalue weighted by atomic mass is 35.5. The van der Waals surface area contributed by atoms with Gasteiger partial charge in [0.2, 0.25) is 0 Å². The fourth-order valence-corrected chi connectivity index (χ4v) is 3.63. The highest BCUT2D eigenvalue weighted by molar-refractivity contribution is 6.31. The summed E-state index contributed by atoms with van der Waals surface area (Å²) in [6, 6.07) is 0. The number of hydrogen-bond donors (Lipinski definition) is 0. The SMILES string of the molecule is ClC1C(Cl)C2C3C=CC1C32. The van der Waals surface area contributed by atoms with Gasteiger partial charge in [0.05, 0.1) is 10.8 Å². The molecule has 0 heterocycles. The average Bonchev–Trinajstić information content (AvgIpc) is 2.43. The largest absolute Gasteiger partial charge is 0.121 e. The molecule has 0 N–H and O–H groups in total. The Morgan fingerprint density at radius 3 is 2.10 bits per heavy atom. The average molecular weight is 175 g/mol. The summed E-state index contributed by atoms with van der Waals surface area (Å²) in [5, 5.41) is 0.461. The summed E-state index contributed by atoms with van der Waals surface area (Å²) in [5.41, 5.74) is 0. The van der Waals surface area contributed by atoms with Crippen molar-refractivity contribution < 1.29 is 0 Å².